The van der Waals surface area contributed by atoms with Gasteiger partial charge in [-0.05, 0) is 52.5 Å². The number of benzene rings is 1. The normalized spacial score (nSPS) is 12.9. The maximum Gasteiger partial charge on any atom is 0.119 e. The molecule has 19 heavy (non-hydrogen) atoms. The third-order valence-electron chi connectivity index (χ3n) is 3.47. The first kappa shape index (κ1) is 12.7. The minimum absolute atomic E-state index is 0.801. The van der Waals surface area contributed by atoms with Crippen LogP contribution in [0.4, 0.5) is 0 Å². The fourth-order valence-corrected chi connectivity index (χ4v) is 2.95. The summed E-state index contributed by atoms with van der Waals surface area (Å²) < 4.78 is 8.97. The number of rotatable bonds is 4. The molecule has 0 aliphatic carbocycles. The second-order valence-electron chi connectivity index (χ2n) is 4.83. The topological polar surface area (TPSA) is 27.1 Å². The highest BCUT2D eigenvalue weighted by molar-refractivity contribution is 9.10. The van der Waals surface area contributed by atoms with Gasteiger partial charge in [0, 0.05) is 6.42 Å². The van der Waals surface area contributed by atoms with Crippen molar-refractivity contribution in [2.45, 2.75) is 32.6 Å². The van der Waals surface area contributed by atoms with Gasteiger partial charge in [0.1, 0.15) is 16.2 Å². The molecule has 0 spiro atoms. The zero-order valence-electron chi connectivity index (χ0n) is 11.0. The van der Waals surface area contributed by atoms with E-state index in [-0.39, 0.29) is 0 Å². The molecule has 0 bridgehead atoms. The number of aromatic nitrogens is 2. The van der Waals surface area contributed by atoms with Gasteiger partial charge in [-0.3, -0.25) is 4.57 Å². The van der Waals surface area contributed by atoms with Crippen LogP contribution in [-0.2, 0) is 12.8 Å². The first-order valence-electron chi connectivity index (χ1n) is 6.78. The van der Waals surface area contributed by atoms with Gasteiger partial charge in [0.05, 0.1) is 18.5 Å². The van der Waals surface area contributed by atoms with E-state index in [1.165, 1.54) is 11.3 Å². The first-order chi connectivity index (χ1) is 9.29. The fraction of sp³-hybridized carbons (Fsp3) is 0.400. The lowest BCUT2D eigenvalue weighted by Gasteiger charge is -2.20. The Labute approximate surface area is 121 Å². The van der Waals surface area contributed by atoms with E-state index in [0.717, 1.165) is 48.5 Å². The molecule has 0 saturated carbocycles. The molecule has 2 heterocycles. The lowest BCUT2D eigenvalue weighted by Crippen LogP contribution is -2.12. The predicted molar refractivity (Wildman–Crippen MR) is 79.1 cm³/mol. The number of ether oxygens (including phenoxy) is 1. The summed E-state index contributed by atoms with van der Waals surface area (Å²) in [6.45, 7) is 2.98. The number of imidazole rings is 1. The summed E-state index contributed by atoms with van der Waals surface area (Å²) in [6.07, 6.45) is 6.15. The number of fused-ring (bicyclic) bond motifs is 3. The molecule has 0 unspecified atom stereocenters. The third-order valence-corrected chi connectivity index (χ3v) is 4.03. The molecule has 0 N–H and O–H groups in total. The van der Waals surface area contributed by atoms with Crippen LogP contribution in [0.2, 0.25) is 0 Å². The highest BCUT2D eigenvalue weighted by Crippen LogP contribution is 2.30. The van der Waals surface area contributed by atoms with Crippen molar-refractivity contribution in [3.05, 3.63) is 40.4 Å². The van der Waals surface area contributed by atoms with E-state index in [1.54, 1.807) is 0 Å². The average molecular weight is 321 g/mol. The monoisotopic (exact) mass is 320 g/mol. The van der Waals surface area contributed by atoms with E-state index in [4.69, 9.17) is 4.74 Å². The average Bonchev–Trinajstić information content (AvgIpc) is 2.81. The van der Waals surface area contributed by atoms with Crippen LogP contribution in [0.3, 0.4) is 0 Å². The molecule has 0 atom stereocenters. The smallest absolute Gasteiger partial charge is 0.119 e. The third kappa shape index (κ3) is 2.41. The van der Waals surface area contributed by atoms with Crippen LogP contribution >= 0.6 is 15.9 Å². The predicted octanol–water partition coefficient (Wildman–Crippen LogP) is 3.91. The van der Waals surface area contributed by atoms with Crippen LogP contribution in [0.5, 0.6) is 5.75 Å². The zero-order valence-corrected chi connectivity index (χ0v) is 12.6. The van der Waals surface area contributed by atoms with Gasteiger partial charge in [0.15, 0.2) is 0 Å². The molecule has 3 nitrogen and oxygen atoms in total. The summed E-state index contributed by atoms with van der Waals surface area (Å²) in [5.74, 6) is 2.10. The van der Waals surface area contributed by atoms with E-state index in [2.05, 4.69) is 50.6 Å². The van der Waals surface area contributed by atoms with Gasteiger partial charge in [-0.25, -0.2) is 4.98 Å². The van der Waals surface area contributed by atoms with Crippen LogP contribution in [-0.4, -0.2) is 16.2 Å². The SMILES string of the molecule is CCCCOc1ccc2c(c1)CCc1ncc(Br)n1-2. The van der Waals surface area contributed by atoms with E-state index < -0.39 is 0 Å². The molecule has 4 heteroatoms. The Kier molecular flexibility index (Phi) is 3.60. The zero-order chi connectivity index (χ0) is 13.2. The molecule has 0 radical (unpaired) electrons. The van der Waals surface area contributed by atoms with Crippen molar-refractivity contribution in [2.24, 2.45) is 0 Å². The molecule has 1 aliphatic heterocycles. The van der Waals surface area contributed by atoms with Crippen molar-refractivity contribution in [1.82, 2.24) is 9.55 Å². The van der Waals surface area contributed by atoms with E-state index in [0.29, 0.717) is 0 Å². The summed E-state index contributed by atoms with van der Waals surface area (Å²) in [5, 5.41) is 0. The molecule has 2 aromatic rings. The highest BCUT2D eigenvalue weighted by atomic mass is 79.9. The number of nitrogens with zero attached hydrogens (tertiary/aromatic N) is 2. The van der Waals surface area contributed by atoms with Gasteiger partial charge in [-0.15, -0.1) is 0 Å². The van der Waals surface area contributed by atoms with Crippen LogP contribution < -0.4 is 4.74 Å². The summed E-state index contributed by atoms with van der Waals surface area (Å²) in [7, 11) is 0. The summed E-state index contributed by atoms with van der Waals surface area (Å²) in [4.78, 5) is 4.42. The molecule has 0 amide bonds. The van der Waals surface area contributed by atoms with Crippen molar-refractivity contribution in [3.63, 3.8) is 0 Å². The molecule has 0 saturated heterocycles. The van der Waals surface area contributed by atoms with E-state index in [9.17, 15) is 0 Å². The lowest BCUT2D eigenvalue weighted by atomic mass is 10.0. The van der Waals surface area contributed by atoms with Gasteiger partial charge >= 0.3 is 0 Å². The number of unbranched alkanes of at least 4 members (excludes halogenated alkanes) is 1. The van der Waals surface area contributed by atoms with Crippen molar-refractivity contribution in [2.75, 3.05) is 6.61 Å². The van der Waals surface area contributed by atoms with Crippen LogP contribution in [0.15, 0.2) is 29.0 Å². The molecular formula is C15H17BrN2O. The largest absolute Gasteiger partial charge is 0.494 e. The lowest BCUT2D eigenvalue weighted by molar-refractivity contribution is 0.309. The number of halogens is 1. The Morgan fingerprint density at radius 1 is 1.37 bits per heavy atom. The number of hydrogen-bond donors (Lipinski definition) is 0. The molecule has 0 fully saturated rings. The van der Waals surface area contributed by atoms with Gasteiger partial charge in [0.25, 0.3) is 0 Å². The second-order valence-corrected chi connectivity index (χ2v) is 5.64. The molecule has 100 valence electrons. The van der Waals surface area contributed by atoms with Gasteiger partial charge in [0.2, 0.25) is 0 Å². The first-order valence-corrected chi connectivity index (χ1v) is 7.57. The number of hydrogen-bond acceptors (Lipinski definition) is 2. The van der Waals surface area contributed by atoms with Gasteiger partial charge in [-0.1, -0.05) is 13.3 Å². The van der Waals surface area contributed by atoms with Crippen LogP contribution in [0, 0.1) is 0 Å². The van der Waals surface area contributed by atoms with Gasteiger partial charge in [-0.2, -0.15) is 0 Å². The summed E-state index contributed by atoms with van der Waals surface area (Å²) in [6, 6.07) is 6.35. The van der Waals surface area contributed by atoms with Crippen molar-refractivity contribution in [1.29, 1.82) is 0 Å². The van der Waals surface area contributed by atoms with Gasteiger partial charge < -0.3 is 4.74 Å². The maximum absolute atomic E-state index is 5.78. The molecular weight excluding hydrogens is 304 g/mol. The Bertz CT molecular complexity index is 592. The minimum Gasteiger partial charge on any atom is -0.494 e. The van der Waals surface area contributed by atoms with Crippen LogP contribution in [0.1, 0.15) is 31.2 Å². The maximum atomic E-state index is 5.78. The Morgan fingerprint density at radius 3 is 3.11 bits per heavy atom. The standard InChI is InChI=1S/C15H17BrN2O/c1-2-3-8-19-12-5-6-13-11(9-12)4-7-15-17-10-14(16)18(13)15/h5-6,9-10H,2-4,7-8H2,1H3. The molecule has 1 aliphatic rings. The quantitative estimate of drug-likeness (QED) is 0.798. The van der Waals surface area contributed by atoms with Crippen molar-refractivity contribution >= 4 is 15.9 Å². The second kappa shape index (κ2) is 5.37. The Hall–Kier alpha value is -1.29. The Morgan fingerprint density at radius 2 is 2.26 bits per heavy atom. The van der Waals surface area contributed by atoms with Crippen molar-refractivity contribution in [3.8, 4) is 11.4 Å². The van der Waals surface area contributed by atoms with E-state index in [1.807, 2.05) is 6.20 Å². The Balaban J connectivity index is 1.89. The summed E-state index contributed by atoms with van der Waals surface area (Å²) >= 11 is 3.56. The van der Waals surface area contributed by atoms with E-state index >= 15 is 0 Å². The van der Waals surface area contributed by atoms with Crippen molar-refractivity contribution < 1.29 is 4.74 Å². The number of aryl methyl sites for hydroxylation is 2. The minimum atomic E-state index is 0.801. The molecule has 3 rings (SSSR count). The molecule has 1 aromatic heterocycles. The highest BCUT2D eigenvalue weighted by Gasteiger charge is 2.19. The summed E-state index contributed by atoms with van der Waals surface area (Å²) in [5.41, 5.74) is 2.55. The fourth-order valence-electron chi connectivity index (χ4n) is 2.45. The van der Waals surface area contributed by atoms with Crippen LogP contribution in [0.25, 0.3) is 5.69 Å². The molecule has 1 aromatic carbocycles.